The third kappa shape index (κ3) is 84.3. The fraction of sp³-hybridized carbons (Fsp3) is 0.957. The molecule has 0 aromatic carbocycles. The Labute approximate surface area is 683 Å². The molecule has 0 heterocycles. The third-order valence-corrected chi connectivity index (χ3v) is 23.8. The van der Waals surface area contributed by atoms with Crippen LogP contribution in [0.3, 0.4) is 0 Å². The van der Waals surface area contributed by atoms with Crippen molar-refractivity contribution in [3.63, 3.8) is 0 Å². The summed E-state index contributed by atoms with van der Waals surface area (Å²) >= 11 is 0. The van der Waals surface area contributed by atoms with Crippen molar-refractivity contribution >= 4 is 39.5 Å². The number of carbonyl (C=O) groups excluding carboxylic acids is 4. The van der Waals surface area contributed by atoms with Gasteiger partial charge in [-0.1, -0.05) is 434 Å². The zero-order valence-electron chi connectivity index (χ0n) is 73.6. The maximum atomic E-state index is 13.2. The van der Waals surface area contributed by atoms with Gasteiger partial charge in [0.2, 0.25) is 0 Å². The highest BCUT2D eigenvalue weighted by atomic mass is 31.2. The standard InChI is InChI=1S/C92H180O17P2/c1-9-85(8)71-63-55-47-39-33-27-21-15-11-13-16-22-28-34-40-48-56-64-72-89(94)102-78-87(108-91(96)74-66-58-49-41-35-29-23-17-12-10-14-19-25-31-37-44-52-60-68-82(2)3)80-106-110(98,99)104-76-86(93)77-105-111(100,101)107-81-88(79-103-90(95)73-65-57-51-43-46-54-62-70-84(6)7)109-92(97)75-67-59-50-42-36-30-24-18-20-26-32-38-45-53-61-69-83(4)5/h82-88,93H,9-81H2,1-8H3,(H,98,99)(H,100,101)/t85?,86?,87-,88-/m1/s1. The lowest BCUT2D eigenvalue weighted by Gasteiger charge is -2.21. The van der Waals surface area contributed by atoms with E-state index in [0.29, 0.717) is 31.6 Å². The quantitative estimate of drug-likeness (QED) is 0.0222. The molecule has 0 aliphatic heterocycles. The number of phosphoric acid groups is 2. The van der Waals surface area contributed by atoms with Crippen LogP contribution in [0.5, 0.6) is 0 Å². The van der Waals surface area contributed by atoms with Crippen LogP contribution in [-0.4, -0.2) is 96.7 Å². The summed E-state index contributed by atoms with van der Waals surface area (Å²) in [6.07, 6.45) is 72.4. The molecule has 0 spiro atoms. The first-order valence-electron chi connectivity index (χ1n) is 47.2. The number of carbonyl (C=O) groups is 4. The zero-order valence-corrected chi connectivity index (χ0v) is 75.4. The Kier molecular flexibility index (Phi) is 79.1. The van der Waals surface area contributed by atoms with Crippen LogP contribution in [0.2, 0.25) is 0 Å². The minimum absolute atomic E-state index is 0.107. The molecule has 17 nitrogen and oxygen atoms in total. The van der Waals surface area contributed by atoms with Gasteiger partial charge < -0.3 is 33.8 Å². The van der Waals surface area contributed by atoms with E-state index in [4.69, 9.17) is 37.0 Å². The molecule has 0 aromatic rings. The molecule has 0 aliphatic rings. The molecular formula is C92H180O17P2. The molecule has 0 radical (unpaired) electrons. The number of ether oxygens (including phenoxy) is 4. The minimum Gasteiger partial charge on any atom is -0.462 e. The summed E-state index contributed by atoms with van der Waals surface area (Å²) in [6.45, 7) is 14.4. The molecule has 0 saturated heterocycles. The predicted molar refractivity (Wildman–Crippen MR) is 460 cm³/mol. The highest BCUT2D eigenvalue weighted by molar-refractivity contribution is 7.47. The van der Waals surface area contributed by atoms with Crippen LogP contribution < -0.4 is 0 Å². The Morgan fingerprint density at radius 3 is 0.640 bits per heavy atom. The van der Waals surface area contributed by atoms with Crippen molar-refractivity contribution in [3.8, 4) is 0 Å². The van der Waals surface area contributed by atoms with Gasteiger partial charge in [-0.3, -0.25) is 37.3 Å². The van der Waals surface area contributed by atoms with Gasteiger partial charge in [-0.05, 0) is 49.4 Å². The molecule has 111 heavy (non-hydrogen) atoms. The van der Waals surface area contributed by atoms with Crippen LogP contribution in [0.1, 0.15) is 486 Å². The molecule has 0 fully saturated rings. The van der Waals surface area contributed by atoms with Gasteiger partial charge in [0.05, 0.1) is 26.4 Å². The fourth-order valence-electron chi connectivity index (χ4n) is 14.3. The van der Waals surface area contributed by atoms with E-state index in [0.717, 1.165) is 114 Å². The lowest BCUT2D eigenvalue weighted by atomic mass is 9.99. The van der Waals surface area contributed by atoms with E-state index in [1.165, 1.54) is 283 Å². The Balaban J connectivity index is 5.22. The fourth-order valence-corrected chi connectivity index (χ4v) is 15.9. The van der Waals surface area contributed by atoms with Crippen molar-refractivity contribution in [2.24, 2.45) is 23.7 Å². The van der Waals surface area contributed by atoms with Crippen molar-refractivity contribution in [1.82, 2.24) is 0 Å². The molecule has 19 heteroatoms. The summed E-state index contributed by atoms with van der Waals surface area (Å²) in [4.78, 5) is 73.4. The van der Waals surface area contributed by atoms with Gasteiger partial charge >= 0.3 is 39.5 Å². The van der Waals surface area contributed by atoms with Gasteiger partial charge in [0.1, 0.15) is 19.3 Å². The summed E-state index contributed by atoms with van der Waals surface area (Å²) in [7, 11) is -9.94. The van der Waals surface area contributed by atoms with E-state index in [-0.39, 0.29) is 25.7 Å². The number of hydrogen-bond acceptors (Lipinski definition) is 15. The smallest absolute Gasteiger partial charge is 0.462 e. The molecule has 0 aromatic heterocycles. The molecule has 6 atom stereocenters. The van der Waals surface area contributed by atoms with E-state index < -0.39 is 97.5 Å². The Morgan fingerprint density at radius 1 is 0.252 bits per heavy atom. The average Bonchev–Trinajstić information content (AvgIpc) is 0.900. The molecule has 0 saturated carbocycles. The molecule has 4 unspecified atom stereocenters. The van der Waals surface area contributed by atoms with Crippen molar-refractivity contribution in [2.75, 3.05) is 39.6 Å². The first-order chi connectivity index (χ1) is 53.6. The van der Waals surface area contributed by atoms with E-state index >= 15 is 0 Å². The van der Waals surface area contributed by atoms with Crippen LogP contribution in [-0.2, 0) is 65.4 Å². The van der Waals surface area contributed by atoms with Gasteiger partial charge in [-0.25, -0.2) is 9.13 Å². The second-order valence-corrected chi connectivity index (χ2v) is 37.6. The van der Waals surface area contributed by atoms with Crippen molar-refractivity contribution in [1.29, 1.82) is 0 Å². The first kappa shape index (κ1) is 109. The first-order valence-corrected chi connectivity index (χ1v) is 50.2. The lowest BCUT2D eigenvalue weighted by molar-refractivity contribution is -0.161. The number of unbranched alkanes of at least 4 members (excludes halogenated alkanes) is 54. The summed E-state index contributed by atoms with van der Waals surface area (Å²) < 4.78 is 69.1. The third-order valence-electron chi connectivity index (χ3n) is 21.9. The van der Waals surface area contributed by atoms with Crippen LogP contribution >= 0.6 is 15.6 Å². The van der Waals surface area contributed by atoms with Crippen molar-refractivity contribution in [3.05, 3.63) is 0 Å². The normalized spacial score (nSPS) is 14.1. The van der Waals surface area contributed by atoms with Gasteiger partial charge in [-0.15, -0.1) is 0 Å². The predicted octanol–water partition coefficient (Wildman–Crippen LogP) is 28.3. The van der Waals surface area contributed by atoms with Gasteiger partial charge in [0.15, 0.2) is 12.2 Å². The monoisotopic (exact) mass is 1620 g/mol. The molecule has 660 valence electrons. The van der Waals surface area contributed by atoms with E-state index in [9.17, 15) is 43.2 Å². The van der Waals surface area contributed by atoms with Crippen molar-refractivity contribution < 1.29 is 80.2 Å². The molecular weight excluding hydrogens is 1440 g/mol. The Morgan fingerprint density at radius 2 is 0.432 bits per heavy atom. The van der Waals surface area contributed by atoms with Gasteiger partial charge in [-0.2, -0.15) is 0 Å². The number of aliphatic hydroxyl groups excluding tert-OH is 1. The van der Waals surface area contributed by atoms with E-state index in [1.54, 1.807) is 0 Å². The average molecular weight is 1620 g/mol. The molecule has 3 N–H and O–H groups in total. The number of phosphoric ester groups is 2. The van der Waals surface area contributed by atoms with Crippen LogP contribution in [0.4, 0.5) is 0 Å². The summed E-state index contributed by atoms with van der Waals surface area (Å²) in [5.74, 6) is 1.10. The van der Waals surface area contributed by atoms with E-state index in [2.05, 4.69) is 55.4 Å². The molecule has 0 rings (SSSR count). The number of aliphatic hydroxyl groups is 1. The van der Waals surface area contributed by atoms with Crippen LogP contribution in [0, 0.1) is 23.7 Å². The zero-order chi connectivity index (χ0) is 81.6. The SMILES string of the molecule is CCC(C)CCCCCCCCCCCCCCCCCCCCC(=O)OC[C@H](COP(=O)(O)OCC(O)COP(=O)(O)OC[C@@H](COC(=O)CCCCCCCCCC(C)C)OC(=O)CCCCCCCCCCCCCCCCCC(C)C)OC(=O)CCCCCCCCCCCCCCCCCCCCC(C)C. The molecule has 0 amide bonds. The highest BCUT2D eigenvalue weighted by Crippen LogP contribution is 2.45. The Bertz CT molecular complexity index is 2150. The summed E-state index contributed by atoms with van der Waals surface area (Å²) in [5, 5.41) is 10.7. The van der Waals surface area contributed by atoms with Crippen molar-refractivity contribution in [2.45, 2.75) is 504 Å². The largest absolute Gasteiger partial charge is 0.472 e. The Hall–Kier alpha value is -1.94. The number of rotatable bonds is 89. The molecule has 0 bridgehead atoms. The lowest BCUT2D eigenvalue weighted by Crippen LogP contribution is -2.30. The minimum atomic E-state index is -4.97. The number of hydrogen-bond donors (Lipinski definition) is 3. The highest BCUT2D eigenvalue weighted by Gasteiger charge is 2.31. The molecule has 0 aliphatic carbocycles. The topological polar surface area (TPSA) is 237 Å². The second-order valence-electron chi connectivity index (χ2n) is 34.7. The number of esters is 4. The van der Waals surface area contributed by atoms with Crippen LogP contribution in [0.15, 0.2) is 0 Å². The van der Waals surface area contributed by atoms with Gasteiger partial charge in [0, 0.05) is 25.7 Å². The van der Waals surface area contributed by atoms with Gasteiger partial charge in [0.25, 0.3) is 0 Å². The maximum absolute atomic E-state index is 13.2. The summed E-state index contributed by atoms with van der Waals surface area (Å²) in [5.41, 5.74) is 0. The maximum Gasteiger partial charge on any atom is 0.472 e. The summed E-state index contributed by atoms with van der Waals surface area (Å²) in [6, 6.07) is 0. The second kappa shape index (κ2) is 80.5. The van der Waals surface area contributed by atoms with Crippen LogP contribution in [0.25, 0.3) is 0 Å². The van der Waals surface area contributed by atoms with E-state index in [1.807, 2.05) is 0 Å².